The minimum atomic E-state index is 0.662. The lowest BCUT2D eigenvalue weighted by atomic mass is 10.00. The van der Waals surface area contributed by atoms with Crippen molar-refractivity contribution in [1.82, 2.24) is 0 Å². The summed E-state index contributed by atoms with van der Waals surface area (Å²) in [5, 5.41) is 0. The van der Waals surface area contributed by atoms with Crippen molar-refractivity contribution in [3.05, 3.63) is 16.9 Å². The maximum Gasteiger partial charge on any atom is -0.00268 e. The highest BCUT2D eigenvalue weighted by molar-refractivity contribution is 5.31. The number of rotatable bonds is 3. The molecule has 0 spiro atoms. The predicted molar refractivity (Wildman–Crippen MR) is 61.1 cm³/mol. The summed E-state index contributed by atoms with van der Waals surface area (Å²) in [5.41, 5.74) is 7.34. The molecule has 0 heteroatoms. The van der Waals surface area contributed by atoms with Gasteiger partial charge in [0, 0.05) is 0 Å². The van der Waals surface area contributed by atoms with E-state index < -0.39 is 0 Å². The summed E-state index contributed by atoms with van der Waals surface area (Å²) in [6.07, 6.45) is 5.25. The molecule has 0 saturated heterocycles. The Labute approximate surface area is 88.1 Å². The zero-order valence-corrected chi connectivity index (χ0v) is 9.98. The molecule has 2 aliphatic carbocycles. The molecular formula is C14H22. The molecule has 0 radical (unpaired) electrons. The van der Waals surface area contributed by atoms with Crippen LogP contribution in [0.15, 0.2) is 16.9 Å². The van der Waals surface area contributed by atoms with E-state index in [9.17, 15) is 0 Å². The van der Waals surface area contributed by atoms with Gasteiger partial charge in [0.05, 0.1) is 0 Å². The molecule has 14 heavy (non-hydrogen) atoms. The van der Waals surface area contributed by atoms with Gasteiger partial charge in [-0.3, -0.25) is 0 Å². The Balaban J connectivity index is 2.02. The molecule has 0 amide bonds. The Kier molecular flexibility index (Phi) is 2.35. The molecule has 0 bridgehead atoms. The molecule has 0 nitrogen and oxygen atoms in total. The van der Waals surface area contributed by atoms with Crippen LogP contribution in [-0.2, 0) is 0 Å². The second-order valence-electron chi connectivity index (χ2n) is 5.55. The molecule has 2 rings (SSSR count). The standard InChI is InChI=1S/C14H22/c1-5-6-10(2)7-12-8-13(12)14(4)9-11(14)3/h11,13H,5-6,8-9H2,1-4H3. The first-order valence-electron chi connectivity index (χ1n) is 6.03. The van der Waals surface area contributed by atoms with Gasteiger partial charge in [0.2, 0.25) is 0 Å². The molecule has 0 aromatic heterocycles. The van der Waals surface area contributed by atoms with Gasteiger partial charge < -0.3 is 0 Å². The zero-order chi connectivity index (χ0) is 10.3. The van der Waals surface area contributed by atoms with Gasteiger partial charge in [-0.15, -0.1) is 5.73 Å². The van der Waals surface area contributed by atoms with Gasteiger partial charge in [0.1, 0.15) is 0 Å². The molecule has 0 aromatic carbocycles. The third-order valence-corrected chi connectivity index (χ3v) is 4.19. The summed E-state index contributed by atoms with van der Waals surface area (Å²) in [6, 6.07) is 0. The van der Waals surface area contributed by atoms with E-state index in [1.807, 2.05) is 0 Å². The van der Waals surface area contributed by atoms with Gasteiger partial charge in [0.15, 0.2) is 0 Å². The van der Waals surface area contributed by atoms with Crippen LogP contribution < -0.4 is 0 Å². The number of hydrogen-bond donors (Lipinski definition) is 0. The highest BCUT2D eigenvalue weighted by Crippen LogP contribution is 2.66. The van der Waals surface area contributed by atoms with E-state index >= 15 is 0 Å². The Morgan fingerprint density at radius 3 is 2.71 bits per heavy atom. The Bertz CT molecular complexity index is 304. The minimum absolute atomic E-state index is 0.662. The smallest absolute Gasteiger partial charge is 0.00268 e. The van der Waals surface area contributed by atoms with Crippen molar-refractivity contribution in [3.8, 4) is 0 Å². The Morgan fingerprint density at radius 2 is 2.21 bits per heavy atom. The SMILES string of the molecule is CCCC(C)=C=C1CC1C1(C)CC1C. The fourth-order valence-electron chi connectivity index (χ4n) is 2.73. The van der Waals surface area contributed by atoms with Gasteiger partial charge in [0.25, 0.3) is 0 Å². The summed E-state index contributed by atoms with van der Waals surface area (Å²) in [6.45, 7) is 9.31. The molecular weight excluding hydrogens is 168 g/mol. The first kappa shape index (κ1) is 10.1. The monoisotopic (exact) mass is 190 g/mol. The molecule has 0 heterocycles. The highest BCUT2D eigenvalue weighted by Gasteiger charge is 2.58. The minimum Gasteiger partial charge on any atom is -0.123 e. The van der Waals surface area contributed by atoms with Crippen molar-refractivity contribution in [2.45, 2.75) is 53.4 Å². The van der Waals surface area contributed by atoms with Crippen LogP contribution in [0.3, 0.4) is 0 Å². The fourth-order valence-corrected chi connectivity index (χ4v) is 2.73. The second-order valence-corrected chi connectivity index (χ2v) is 5.55. The van der Waals surface area contributed by atoms with Crippen LogP contribution in [0.5, 0.6) is 0 Å². The van der Waals surface area contributed by atoms with E-state index in [1.54, 1.807) is 5.57 Å². The van der Waals surface area contributed by atoms with Crippen LogP contribution in [0.1, 0.15) is 53.4 Å². The van der Waals surface area contributed by atoms with E-state index in [0.717, 1.165) is 11.8 Å². The molecule has 3 atom stereocenters. The molecule has 78 valence electrons. The van der Waals surface area contributed by atoms with Crippen molar-refractivity contribution in [2.75, 3.05) is 0 Å². The maximum absolute atomic E-state index is 3.61. The third-order valence-electron chi connectivity index (χ3n) is 4.19. The third kappa shape index (κ3) is 1.68. The first-order valence-corrected chi connectivity index (χ1v) is 6.03. The van der Waals surface area contributed by atoms with Crippen molar-refractivity contribution in [3.63, 3.8) is 0 Å². The van der Waals surface area contributed by atoms with Crippen LogP contribution >= 0.6 is 0 Å². The molecule has 0 aliphatic heterocycles. The van der Waals surface area contributed by atoms with Crippen molar-refractivity contribution in [2.24, 2.45) is 17.3 Å². The number of hydrogen-bond acceptors (Lipinski definition) is 0. The topological polar surface area (TPSA) is 0 Å². The largest absolute Gasteiger partial charge is 0.123 e. The Hall–Kier alpha value is -0.480. The lowest BCUT2D eigenvalue weighted by Crippen LogP contribution is -1.98. The van der Waals surface area contributed by atoms with Crippen LogP contribution in [0.2, 0.25) is 0 Å². The van der Waals surface area contributed by atoms with Crippen molar-refractivity contribution < 1.29 is 0 Å². The van der Waals surface area contributed by atoms with Gasteiger partial charge in [-0.1, -0.05) is 27.2 Å². The summed E-state index contributed by atoms with van der Waals surface area (Å²) in [4.78, 5) is 0. The van der Waals surface area contributed by atoms with Gasteiger partial charge in [-0.25, -0.2) is 0 Å². The molecule has 0 aromatic rings. The van der Waals surface area contributed by atoms with E-state index in [-0.39, 0.29) is 0 Å². The van der Waals surface area contributed by atoms with Gasteiger partial charge in [-0.2, -0.15) is 0 Å². The first-order chi connectivity index (χ1) is 6.58. The van der Waals surface area contributed by atoms with E-state index in [2.05, 4.69) is 33.4 Å². The summed E-state index contributed by atoms with van der Waals surface area (Å²) < 4.78 is 0. The summed E-state index contributed by atoms with van der Waals surface area (Å²) in [7, 11) is 0. The summed E-state index contributed by atoms with van der Waals surface area (Å²) >= 11 is 0. The van der Waals surface area contributed by atoms with Crippen LogP contribution in [0.4, 0.5) is 0 Å². The van der Waals surface area contributed by atoms with Crippen molar-refractivity contribution in [1.29, 1.82) is 0 Å². The molecule has 3 unspecified atom stereocenters. The predicted octanol–water partition coefficient (Wildman–Crippen LogP) is 4.32. The highest BCUT2D eigenvalue weighted by atomic mass is 14.6. The molecule has 2 aliphatic rings. The average molecular weight is 190 g/mol. The van der Waals surface area contributed by atoms with Gasteiger partial charge in [-0.05, 0) is 54.6 Å². The van der Waals surface area contributed by atoms with Crippen LogP contribution in [0.25, 0.3) is 0 Å². The van der Waals surface area contributed by atoms with E-state index in [1.165, 1.54) is 31.3 Å². The zero-order valence-electron chi connectivity index (χ0n) is 9.98. The quantitative estimate of drug-likeness (QED) is 0.581. The normalized spacial score (nSPS) is 39.3. The second kappa shape index (κ2) is 3.28. The summed E-state index contributed by atoms with van der Waals surface area (Å²) in [5.74, 6) is 1.85. The molecule has 2 fully saturated rings. The molecule has 2 saturated carbocycles. The maximum atomic E-state index is 3.61. The Morgan fingerprint density at radius 1 is 1.57 bits per heavy atom. The van der Waals surface area contributed by atoms with Gasteiger partial charge >= 0.3 is 0 Å². The van der Waals surface area contributed by atoms with E-state index in [0.29, 0.717) is 5.41 Å². The van der Waals surface area contributed by atoms with Crippen LogP contribution in [0, 0.1) is 17.3 Å². The lowest BCUT2D eigenvalue weighted by molar-refractivity contribution is 0.463. The fraction of sp³-hybridized carbons (Fsp3) is 0.786. The van der Waals surface area contributed by atoms with E-state index in [4.69, 9.17) is 0 Å². The molecule has 0 N–H and O–H groups in total. The lowest BCUT2D eigenvalue weighted by Gasteiger charge is -2.04. The van der Waals surface area contributed by atoms with Crippen LogP contribution in [-0.4, -0.2) is 0 Å². The van der Waals surface area contributed by atoms with Crippen molar-refractivity contribution >= 4 is 0 Å². The average Bonchev–Trinajstić information content (AvgIpc) is 2.94. The number of allylic oxidation sites excluding steroid dienone is 1.